The SMILES string of the molecule is CC(I)[C@@H](C)C(=O)N(C(C)C)C(C)C. The van der Waals surface area contributed by atoms with E-state index in [4.69, 9.17) is 0 Å². The summed E-state index contributed by atoms with van der Waals surface area (Å²) in [6, 6.07) is 0.584. The van der Waals surface area contributed by atoms with Gasteiger partial charge >= 0.3 is 0 Å². The molecule has 0 aromatic heterocycles. The van der Waals surface area contributed by atoms with E-state index in [1.165, 1.54) is 0 Å². The molecule has 0 fully saturated rings. The second-order valence-electron chi connectivity index (χ2n) is 4.40. The summed E-state index contributed by atoms with van der Waals surface area (Å²) in [6.45, 7) is 12.4. The molecule has 0 bridgehead atoms. The number of carbonyl (C=O) groups is 1. The molecule has 0 radical (unpaired) electrons. The van der Waals surface area contributed by atoms with Crippen molar-refractivity contribution >= 4 is 28.5 Å². The lowest BCUT2D eigenvalue weighted by molar-refractivity contribution is -0.138. The third-order valence-electron chi connectivity index (χ3n) is 2.45. The largest absolute Gasteiger partial charge is 0.338 e. The first-order valence-corrected chi connectivity index (χ1v) is 6.49. The Bertz CT molecular complexity index is 182. The van der Waals surface area contributed by atoms with Gasteiger partial charge in [0.15, 0.2) is 0 Å². The van der Waals surface area contributed by atoms with Gasteiger partial charge in [0.1, 0.15) is 0 Å². The monoisotopic (exact) mass is 311 g/mol. The zero-order chi connectivity index (χ0) is 11.5. The lowest BCUT2D eigenvalue weighted by atomic mass is 10.1. The van der Waals surface area contributed by atoms with E-state index in [2.05, 4.69) is 57.2 Å². The minimum atomic E-state index is 0.111. The summed E-state index contributed by atoms with van der Waals surface area (Å²) in [5, 5.41) is 0. The zero-order valence-electron chi connectivity index (χ0n) is 10.0. The smallest absolute Gasteiger partial charge is 0.226 e. The molecule has 0 aliphatic rings. The molecule has 14 heavy (non-hydrogen) atoms. The summed E-state index contributed by atoms with van der Waals surface area (Å²) < 4.78 is 0.389. The minimum Gasteiger partial charge on any atom is -0.338 e. The number of hydrogen-bond acceptors (Lipinski definition) is 1. The number of carbonyl (C=O) groups excluding carboxylic acids is 1. The second kappa shape index (κ2) is 5.93. The number of rotatable bonds is 4. The van der Waals surface area contributed by atoms with Crippen LogP contribution in [0.1, 0.15) is 41.5 Å². The number of hydrogen-bond donors (Lipinski definition) is 0. The number of nitrogens with zero attached hydrogens (tertiary/aromatic N) is 1. The molecule has 1 unspecified atom stereocenters. The van der Waals surface area contributed by atoms with E-state index >= 15 is 0 Å². The molecular weight excluding hydrogens is 289 g/mol. The summed E-state index contributed by atoms with van der Waals surface area (Å²) in [4.78, 5) is 14.1. The predicted octanol–water partition coefficient (Wildman–Crippen LogP) is 3.09. The molecule has 3 heteroatoms. The molecule has 0 heterocycles. The van der Waals surface area contributed by atoms with Crippen LogP contribution in [0.5, 0.6) is 0 Å². The van der Waals surface area contributed by atoms with Crippen LogP contribution in [0.3, 0.4) is 0 Å². The van der Waals surface area contributed by atoms with Crippen molar-refractivity contribution in [2.75, 3.05) is 0 Å². The average Bonchev–Trinajstić information content (AvgIpc) is 2.01. The molecule has 0 aromatic rings. The standard InChI is InChI=1S/C11H22INO/c1-7(2)13(8(3)4)11(14)9(5)10(6)12/h7-10H,1-6H3/t9-,10?/m1/s1. The Morgan fingerprint density at radius 3 is 1.57 bits per heavy atom. The van der Waals surface area contributed by atoms with E-state index in [0.717, 1.165) is 0 Å². The van der Waals surface area contributed by atoms with E-state index in [0.29, 0.717) is 16.0 Å². The Morgan fingerprint density at radius 1 is 1.00 bits per heavy atom. The van der Waals surface area contributed by atoms with Crippen LogP contribution >= 0.6 is 22.6 Å². The maximum absolute atomic E-state index is 12.1. The highest BCUT2D eigenvalue weighted by Crippen LogP contribution is 2.18. The molecule has 2 nitrogen and oxygen atoms in total. The van der Waals surface area contributed by atoms with Crippen LogP contribution in [0.15, 0.2) is 0 Å². The van der Waals surface area contributed by atoms with Crippen LogP contribution < -0.4 is 0 Å². The van der Waals surface area contributed by atoms with Crippen molar-refractivity contribution in [2.24, 2.45) is 5.92 Å². The first kappa shape index (κ1) is 14.2. The second-order valence-corrected chi connectivity index (χ2v) is 6.36. The molecule has 0 saturated heterocycles. The molecule has 0 spiro atoms. The Kier molecular flexibility index (Phi) is 6.02. The van der Waals surface area contributed by atoms with Crippen molar-refractivity contribution in [3.8, 4) is 0 Å². The van der Waals surface area contributed by atoms with E-state index in [-0.39, 0.29) is 11.8 Å². The molecule has 0 aromatic carbocycles. The highest BCUT2D eigenvalue weighted by atomic mass is 127. The molecule has 0 saturated carbocycles. The van der Waals surface area contributed by atoms with Gasteiger partial charge in [0.25, 0.3) is 0 Å². The van der Waals surface area contributed by atoms with Crippen LogP contribution in [0.4, 0.5) is 0 Å². The van der Waals surface area contributed by atoms with E-state index in [9.17, 15) is 4.79 Å². The summed E-state index contributed by atoms with van der Waals surface area (Å²) in [6.07, 6.45) is 0. The Balaban J connectivity index is 4.60. The van der Waals surface area contributed by atoms with Gasteiger partial charge in [0.05, 0.1) is 0 Å². The maximum atomic E-state index is 12.1. The highest BCUT2D eigenvalue weighted by Gasteiger charge is 2.27. The van der Waals surface area contributed by atoms with E-state index in [1.807, 2.05) is 11.8 Å². The first-order chi connectivity index (χ1) is 6.29. The molecule has 1 amide bonds. The third kappa shape index (κ3) is 3.75. The van der Waals surface area contributed by atoms with Crippen molar-refractivity contribution < 1.29 is 4.79 Å². The Hall–Kier alpha value is 0.200. The number of halogens is 1. The van der Waals surface area contributed by atoms with Gasteiger partial charge < -0.3 is 4.90 Å². The molecule has 84 valence electrons. The van der Waals surface area contributed by atoms with Crippen LogP contribution in [0.25, 0.3) is 0 Å². The van der Waals surface area contributed by atoms with Crippen molar-refractivity contribution in [3.63, 3.8) is 0 Å². The quantitative estimate of drug-likeness (QED) is 0.577. The Labute approximate surface area is 102 Å². The minimum absolute atomic E-state index is 0.111. The summed E-state index contributed by atoms with van der Waals surface area (Å²) >= 11 is 2.32. The van der Waals surface area contributed by atoms with Crippen LogP contribution in [-0.4, -0.2) is 26.8 Å². The van der Waals surface area contributed by atoms with Crippen LogP contribution in [0, 0.1) is 5.92 Å². The molecule has 0 rings (SSSR count). The highest BCUT2D eigenvalue weighted by molar-refractivity contribution is 14.1. The number of alkyl halides is 1. The van der Waals surface area contributed by atoms with Gasteiger partial charge in [-0.15, -0.1) is 0 Å². The van der Waals surface area contributed by atoms with E-state index in [1.54, 1.807) is 0 Å². The molecule has 0 aliphatic heterocycles. The van der Waals surface area contributed by atoms with Gasteiger partial charge in [-0.2, -0.15) is 0 Å². The van der Waals surface area contributed by atoms with Gasteiger partial charge in [-0.25, -0.2) is 0 Å². The summed E-state index contributed by atoms with van der Waals surface area (Å²) in [5.74, 6) is 0.386. The average molecular weight is 311 g/mol. The predicted molar refractivity (Wildman–Crippen MR) is 69.8 cm³/mol. The van der Waals surface area contributed by atoms with Gasteiger partial charge in [-0.1, -0.05) is 36.4 Å². The fraction of sp³-hybridized carbons (Fsp3) is 0.909. The third-order valence-corrected chi connectivity index (χ3v) is 3.52. The topological polar surface area (TPSA) is 20.3 Å². The van der Waals surface area contributed by atoms with Crippen LogP contribution in [0.2, 0.25) is 0 Å². The van der Waals surface area contributed by atoms with Gasteiger partial charge in [-0.05, 0) is 27.7 Å². The number of amides is 1. The van der Waals surface area contributed by atoms with Crippen molar-refractivity contribution in [1.82, 2.24) is 4.90 Å². The Morgan fingerprint density at radius 2 is 1.36 bits per heavy atom. The molecule has 0 N–H and O–H groups in total. The normalized spacial score (nSPS) is 15.8. The van der Waals surface area contributed by atoms with Crippen molar-refractivity contribution in [2.45, 2.75) is 57.6 Å². The van der Waals surface area contributed by atoms with Gasteiger partial charge in [0, 0.05) is 21.9 Å². The maximum Gasteiger partial charge on any atom is 0.226 e. The molecule has 0 aliphatic carbocycles. The zero-order valence-corrected chi connectivity index (χ0v) is 12.2. The van der Waals surface area contributed by atoms with Gasteiger partial charge in [-0.3, -0.25) is 4.79 Å². The molecule has 2 atom stereocenters. The molecular formula is C11H22INO. The van der Waals surface area contributed by atoms with Gasteiger partial charge in [0.2, 0.25) is 5.91 Å². The summed E-state index contributed by atoms with van der Waals surface area (Å²) in [7, 11) is 0. The van der Waals surface area contributed by atoms with Crippen molar-refractivity contribution in [3.05, 3.63) is 0 Å². The van der Waals surface area contributed by atoms with Crippen LogP contribution in [-0.2, 0) is 4.79 Å². The first-order valence-electron chi connectivity index (χ1n) is 5.25. The van der Waals surface area contributed by atoms with Crippen molar-refractivity contribution in [1.29, 1.82) is 0 Å². The lowest BCUT2D eigenvalue weighted by Crippen LogP contribution is -2.46. The van der Waals surface area contributed by atoms with E-state index < -0.39 is 0 Å². The summed E-state index contributed by atoms with van der Waals surface area (Å²) in [5.41, 5.74) is 0. The fourth-order valence-electron chi connectivity index (χ4n) is 1.54. The fourth-order valence-corrected chi connectivity index (χ4v) is 1.84. The lowest BCUT2D eigenvalue weighted by Gasteiger charge is -2.33.